The highest BCUT2D eigenvalue weighted by atomic mass is 32.2. The molecule has 0 saturated carbocycles. The number of sulfone groups is 1. The molecule has 0 radical (unpaired) electrons. The number of rotatable bonds is 2. The van der Waals surface area contributed by atoms with Gasteiger partial charge in [-0.2, -0.15) is 10.3 Å². The summed E-state index contributed by atoms with van der Waals surface area (Å²) in [5.74, 6) is -1.49. The molecule has 2 N–H and O–H groups in total. The Labute approximate surface area is 85.4 Å². The van der Waals surface area contributed by atoms with E-state index in [9.17, 15) is 13.2 Å². The second-order valence-electron chi connectivity index (χ2n) is 3.46. The summed E-state index contributed by atoms with van der Waals surface area (Å²) in [5.41, 5.74) is 0.0562. The van der Waals surface area contributed by atoms with Crippen molar-refractivity contribution in [3.05, 3.63) is 11.4 Å². The molecule has 0 bridgehead atoms. The second-order valence-corrected chi connectivity index (χ2v) is 5.69. The van der Waals surface area contributed by atoms with Crippen molar-refractivity contribution in [2.24, 2.45) is 0 Å². The minimum absolute atomic E-state index is 0.0419. The molecule has 1 unspecified atom stereocenters. The fourth-order valence-corrected chi connectivity index (χ4v) is 3.44. The normalized spacial score (nSPS) is 24.1. The minimum atomic E-state index is -3.04. The van der Waals surface area contributed by atoms with Crippen LogP contribution in [0.15, 0.2) is 0 Å². The molecule has 1 aliphatic rings. The first-order valence-corrected chi connectivity index (χ1v) is 6.16. The number of nitrogens with zero attached hydrogens (tertiary/aromatic N) is 2. The summed E-state index contributed by atoms with van der Waals surface area (Å²) in [7, 11) is -3.04. The highest BCUT2D eigenvalue weighted by molar-refractivity contribution is 7.91. The van der Waals surface area contributed by atoms with Crippen molar-refractivity contribution in [1.29, 1.82) is 0 Å². The second kappa shape index (κ2) is 3.30. The lowest BCUT2D eigenvalue weighted by Crippen LogP contribution is -2.09. The number of nitrogens with one attached hydrogen (secondary N) is 1. The van der Waals surface area contributed by atoms with Crippen LogP contribution < -0.4 is 0 Å². The van der Waals surface area contributed by atoms with E-state index in [1.165, 1.54) is 0 Å². The van der Waals surface area contributed by atoms with Crippen molar-refractivity contribution in [1.82, 2.24) is 15.4 Å². The average molecular weight is 231 g/mol. The number of aromatic carboxylic acids is 1. The first-order valence-electron chi connectivity index (χ1n) is 4.34. The molecule has 0 amide bonds. The van der Waals surface area contributed by atoms with Crippen LogP contribution in [0.3, 0.4) is 0 Å². The molecule has 7 nitrogen and oxygen atoms in total. The summed E-state index contributed by atoms with van der Waals surface area (Å²) in [5, 5.41) is 18.2. The Hall–Kier alpha value is -1.44. The van der Waals surface area contributed by atoms with Crippen LogP contribution in [0.4, 0.5) is 0 Å². The zero-order valence-corrected chi connectivity index (χ0v) is 8.49. The van der Waals surface area contributed by atoms with Crippen LogP contribution in [-0.2, 0) is 9.84 Å². The van der Waals surface area contributed by atoms with E-state index in [0.717, 1.165) is 0 Å². The smallest absolute Gasteiger partial charge is 0.358 e. The van der Waals surface area contributed by atoms with E-state index in [1.54, 1.807) is 0 Å². The molecule has 15 heavy (non-hydrogen) atoms. The molecule has 1 atom stereocenters. The summed E-state index contributed by atoms with van der Waals surface area (Å²) in [6, 6.07) is 0. The van der Waals surface area contributed by atoms with Gasteiger partial charge < -0.3 is 5.11 Å². The van der Waals surface area contributed by atoms with Gasteiger partial charge in [0, 0.05) is 5.92 Å². The van der Waals surface area contributed by atoms with E-state index in [-0.39, 0.29) is 28.8 Å². The van der Waals surface area contributed by atoms with Crippen LogP contribution in [0, 0.1) is 0 Å². The van der Waals surface area contributed by atoms with Gasteiger partial charge in [0.25, 0.3) is 0 Å². The van der Waals surface area contributed by atoms with Gasteiger partial charge in [-0.25, -0.2) is 13.2 Å². The van der Waals surface area contributed by atoms with Gasteiger partial charge in [-0.15, -0.1) is 5.10 Å². The van der Waals surface area contributed by atoms with Crippen molar-refractivity contribution in [3.8, 4) is 0 Å². The van der Waals surface area contributed by atoms with Gasteiger partial charge in [0.1, 0.15) is 5.69 Å². The van der Waals surface area contributed by atoms with E-state index >= 15 is 0 Å². The number of carboxylic acids is 1. The maximum Gasteiger partial charge on any atom is 0.358 e. The lowest BCUT2D eigenvalue weighted by molar-refractivity contribution is 0.0688. The van der Waals surface area contributed by atoms with Crippen LogP contribution in [0.1, 0.15) is 28.5 Å². The van der Waals surface area contributed by atoms with Gasteiger partial charge in [0.15, 0.2) is 15.5 Å². The summed E-state index contributed by atoms with van der Waals surface area (Å²) in [4.78, 5) is 10.7. The summed E-state index contributed by atoms with van der Waals surface area (Å²) >= 11 is 0. The summed E-state index contributed by atoms with van der Waals surface area (Å²) in [6.07, 6.45) is 0.412. The number of aromatic amines is 1. The largest absolute Gasteiger partial charge is 0.476 e. The molecule has 0 spiro atoms. The molecule has 1 aromatic heterocycles. The molecular formula is C7H9N3O4S. The highest BCUT2D eigenvalue weighted by Gasteiger charge is 2.33. The number of hydrogen-bond acceptors (Lipinski definition) is 5. The average Bonchev–Trinajstić information content (AvgIpc) is 2.69. The van der Waals surface area contributed by atoms with Gasteiger partial charge in [-0.1, -0.05) is 0 Å². The number of hydrogen-bond donors (Lipinski definition) is 2. The Morgan fingerprint density at radius 2 is 2.20 bits per heavy atom. The van der Waals surface area contributed by atoms with Crippen LogP contribution in [0.2, 0.25) is 0 Å². The molecule has 2 heterocycles. The Morgan fingerprint density at radius 1 is 1.47 bits per heavy atom. The Morgan fingerprint density at radius 3 is 2.73 bits per heavy atom. The molecule has 2 rings (SSSR count). The van der Waals surface area contributed by atoms with Crippen LogP contribution >= 0.6 is 0 Å². The van der Waals surface area contributed by atoms with Crippen molar-refractivity contribution in [2.45, 2.75) is 12.3 Å². The Kier molecular flexibility index (Phi) is 2.22. The first-order chi connectivity index (χ1) is 6.99. The van der Waals surface area contributed by atoms with Gasteiger partial charge in [-0.3, -0.25) is 0 Å². The molecule has 1 saturated heterocycles. The minimum Gasteiger partial charge on any atom is -0.476 e. The maximum absolute atomic E-state index is 11.2. The van der Waals surface area contributed by atoms with Crippen molar-refractivity contribution in [3.63, 3.8) is 0 Å². The summed E-state index contributed by atoms with van der Waals surface area (Å²) in [6.45, 7) is 0. The van der Waals surface area contributed by atoms with Gasteiger partial charge >= 0.3 is 5.97 Å². The van der Waals surface area contributed by atoms with Gasteiger partial charge in [0.05, 0.1) is 11.5 Å². The zero-order chi connectivity index (χ0) is 11.1. The summed E-state index contributed by atoms with van der Waals surface area (Å²) < 4.78 is 22.4. The zero-order valence-electron chi connectivity index (χ0n) is 7.67. The Balaban J connectivity index is 2.32. The topological polar surface area (TPSA) is 113 Å². The van der Waals surface area contributed by atoms with Crippen LogP contribution in [-0.4, -0.2) is 46.4 Å². The molecule has 1 aromatic rings. The number of carboxylic acid groups (broad SMARTS) is 1. The Bertz CT molecular complexity index is 492. The fourth-order valence-electron chi connectivity index (χ4n) is 1.69. The molecule has 1 fully saturated rings. The number of carbonyl (C=O) groups is 1. The standard InChI is InChI=1S/C7H9N3O4S/c11-7(12)6-5(8-10-9-6)4-1-2-15(13,14)3-4/h4H,1-3H2,(H,11,12)(H,8,9,10). The number of aromatic nitrogens is 3. The van der Waals surface area contributed by atoms with Crippen LogP contribution in [0.25, 0.3) is 0 Å². The van der Waals surface area contributed by atoms with Gasteiger partial charge in [-0.05, 0) is 6.42 Å². The predicted octanol–water partition coefficient (Wildman–Crippen LogP) is -0.595. The third-order valence-corrected chi connectivity index (χ3v) is 4.16. The molecule has 1 aliphatic heterocycles. The quantitative estimate of drug-likeness (QED) is 0.703. The van der Waals surface area contributed by atoms with E-state index in [0.29, 0.717) is 6.42 Å². The molecular weight excluding hydrogens is 222 g/mol. The van der Waals surface area contributed by atoms with Crippen molar-refractivity contribution < 1.29 is 18.3 Å². The predicted molar refractivity (Wildman–Crippen MR) is 49.4 cm³/mol. The third-order valence-electron chi connectivity index (χ3n) is 2.40. The van der Waals surface area contributed by atoms with E-state index < -0.39 is 15.8 Å². The molecule has 0 aliphatic carbocycles. The lowest BCUT2D eigenvalue weighted by Gasteiger charge is -2.02. The van der Waals surface area contributed by atoms with E-state index in [2.05, 4.69) is 15.4 Å². The number of H-pyrrole nitrogens is 1. The van der Waals surface area contributed by atoms with Crippen molar-refractivity contribution in [2.75, 3.05) is 11.5 Å². The lowest BCUT2D eigenvalue weighted by atomic mass is 10.0. The highest BCUT2D eigenvalue weighted by Crippen LogP contribution is 2.28. The molecule has 82 valence electrons. The maximum atomic E-state index is 11.2. The van der Waals surface area contributed by atoms with E-state index in [1.807, 2.05) is 0 Å². The van der Waals surface area contributed by atoms with Crippen molar-refractivity contribution >= 4 is 15.8 Å². The van der Waals surface area contributed by atoms with Crippen LogP contribution in [0.5, 0.6) is 0 Å². The molecule has 0 aromatic carbocycles. The third kappa shape index (κ3) is 1.84. The first kappa shape index (κ1) is 10.1. The van der Waals surface area contributed by atoms with E-state index in [4.69, 9.17) is 5.11 Å². The molecule has 8 heteroatoms. The monoisotopic (exact) mass is 231 g/mol. The van der Waals surface area contributed by atoms with Gasteiger partial charge in [0.2, 0.25) is 0 Å². The SMILES string of the molecule is O=C(O)c1n[nH]nc1C1CCS(=O)(=O)C1. The fraction of sp³-hybridized carbons (Fsp3) is 0.571.